The third-order valence-electron chi connectivity index (χ3n) is 5.73. The Labute approximate surface area is 164 Å². The maximum absolute atomic E-state index is 12.8. The zero-order valence-corrected chi connectivity index (χ0v) is 16.0. The number of halogens is 1. The Kier molecular flexibility index (Phi) is 6.01. The first-order valence-corrected chi connectivity index (χ1v) is 9.34. The van der Waals surface area contributed by atoms with E-state index in [-0.39, 0.29) is 43.0 Å². The minimum Gasteiger partial charge on any atom is -0.339 e. The van der Waals surface area contributed by atoms with E-state index in [4.69, 9.17) is 0 Å². The Morgan fingerprint density at radius 1 is 0.963 bits per heavy atom. The number of nitrogens with one attached hydrogen (secondary N) is 2. The van der Waals surface area contributed by atoms with E-state index in [0.717, 1.165) is 39.0 Å². The van der Waals surface area contributed by atoms with Crippen molar-refractivity contribution in [3.05, 3.63) is 29.8 Å². The molecule has 7 nitrogen and oxygen atoms in total. The van der Waals surface area contributed by atoms with E-state index < -0.39 is 0 Å². The van der Waals surface area contributed by atoms with E-state index in [1.165, 1.54) is 5.01 Å². The fourth-order valence-corrected chi connectivity index (χ4v) is 4.14. The second kappa shape index (κ2) is 8.27. The highest BCUT2D eigenvalue weighted by atomic mass is 35.5. The van der Waals surface area contributed by atoms with Crippen LogP contribution in [-0.2, 0) is 9.59 Å². The summed E-state index contributed by atoms with van der Waals surface area (Å²) in [5, 5.41) is 4.71. The normalized spacial score (nSPS) is 25.3. The Balaban J connectivity index is 0.00000210. The number of benzene rings is 1. The van der Waals surface area contributed by atoms with Gasteiger partial charge in [0.1, 0.15) is 0 Å². The highest BCUT2D eigenvalue weighted by molar-refractivity contribution is 6.01. The number of hydrogen-bond donors (Lipinski definition) is 2. The van der Waals surface area contributed by atoms with E-state index in [9.17, 15) is 14.4 Å². The monoisotopic (exact) mass is 392 g/mol. The molecule has 4 rings (SSSR count). The molecule has 0 radical (unpaired) electrons. The second-order valence-corrected chi connectivity index (χ2v) is 7.36. The van der Waals surface area contributed by atoms with Gasteiger partial charge in [-0.2, -0.15) is 0 Å². The standard InChI is InChI=1S/C19H24N4O3.ClH/c24-17-5-6-18(25)23(21-17)16-3-1-13(2-4-16)19(26)22-9-7-14-11-20-12-15(14)8-10-22;/h1-4,14-15,20H,5-12H2,(H,21,24);1H/t14-,15+;. The van der Waals surface area contributed by atoms with Crippen molar-refractivity contribution in [2.45, 2.75) is 25.7 Å². The molecule has 3 heterocycles. The van der Waals surface area contributed by atoms with Crippen molar-refractivity contribution < 1.29 is 14.4 Å². The number of carbonyl (C=O) groups excluding carboxylic acids is 3. The topological polar surface area (TPSA) is 81.8 Å². The number of hydrazine groups is 1. The van der Waals surface area contributed by atoms with Gasteiger partial charge in [-0.15, -0.1) is 12.4 Å². The first-order valence-electron chi connectivity index (χ1n) is 9.34. The summed E-state index contributed by atoms with van der Waals surface area (Å²) in [6, 6.07) is 6.90. The fourth-order valence-electron chi connectivity index (χ4n) is 4.14. The quantitative estimate of drug-likeness (QED) is 0.795. The van der Waals surface area contributed by atoms with E-state index in [1.54, 1.807) is 24.3 Å². The number of nitrogens with zero attached hydrogens (tertiary/aromatic N) is 2. The van der Waals surface area contributed by atoms with E-state index >= 15 is 0 Å². The number of fused-ring (bicyclic) bond motifs is 1. The van der Waals surface area contributed by atoms with Crippen LogP contribution in [0.3, 0.4) is 0 Å². The molecule has 0 aromatic heterocycles. The highest BCUT2D eigenvalue weighted by Crippen LogP contribution is 2.28. The van der Waals surface area contributed by atoms with Gasteiger partial charge in [0.25, 0.3) is 5.91 Å². The number of amides is 3. The molecule has 1 aromatic carbocycles. The van der Waals surface area contributed by atoms with Gasteiger partial charge in [0.05, 0.1) is 5.69 Å². The molecule has 3 aliphatic heterocycles. The third kappa shape index (κ3) is 4.09. The van der Waals surface area contributed by atoms with Gasteiger partial charge in [-0.05, 0) is 62.0 Å². The fraction of sp³-hybridized carbons (Fsp3) is 0.526. The molecular formula is C19H25ClN4O3. The molecule has 3 amide bonds. The van der Waals surface area contributed by atoms with Crippen molar-refractivity contribution in [2.24, 2.45) is 11.8 Å². The SMILES string of the molecule is Cl.O=C1CCC(=O)N(c2ccc(C(=O)N3CC[C@@H]4CNC[C@@H]4CC3)cc2)N1. The van der Waals surface area contributed by atoms with Crippen molar-refractivity contribution in [2.75, 3.05) is 31.2 Å². The minimum absolute atomic E-state index is 0. The summed E-state index contributed by atoms with van der Waals surface area (Å²) in [4.78, 5) is 38.3. The van der Waals surface area contributed by atoms with Gasteiger partial charge in [-0.1, -0.05) is 0 Å². The number of carbonyl (C=O) groups is 3. The Morgan fingerprint density at radius 3 is 2.22 bits per heavy atom. The lowest BCUT2D eigenvalue weighted by Gasteiger charge is -2.27. The van der Waals surface area contributed by atoms with Gasteiger partial charge in [-0.25, -0.2) is 5.01 Å². The molecule has 8 heteroatoms. The van der Waals surface area contributed by atoms with Crippen molar-refractivity contribution in [3.8, 4) is 0 Å². The molecule has 0 saturated carbocycles. The number of anilines is 1. The zero-order valence-electron chi connectivity index (χ0n) is 15.1. The van der Waals surface area contributed by atoms with Gasteiger partial charge in [0, 0.05) is 31.5 Å². The lowest BCUT2D eigenvalue weighted by Crippen LogP contribution is -2.50. The molecule has 0 aliphatic carbocycles. The summed E-state index contributed by atoms with van der Waals surface area (Å²) in [7, 11) is 0. The summed E-state index contributed by atoms with van der Waals surface area (Å²) >= 11 is 0. The van der Waals surface area contributed by atoms with E-state index in [0.29, 0.717) is 23.1 Å². The van der Waals surface area contributed by atoms with Crippen molar-refractivity contribution in [1.29, 1.82) is 0 Å². The molecule has 146 valence electrons. The minimum atomic E-state index is -0.172. The average molecular weight is 393 g/mol. The molecule has 27 heavy (non-hydrogen) atoms. The van der Waals surface area contributed by atoms with Crippen LogP contribution in [-0.4, -0.2) is 48.8 Å². The van der Waals surface area contributed by atoms with Gasteiger partial charge in [-0.3, -0.25) is 19.8 Å². The maximum atomic E-state index is 12.8. The highest BCUT2D eigenvalue weighted by Gasteiger charge is 2.32. The predicted octanol–water partition coefficient (Wildman–Crippen LogP) is 1.34. The van der Waals surface area contributed by atoms with Gasteiger partial charge in [0.15, 0.2) is 0 Å². The summed E-state index contributed by atoms with van der Waals surface area (Å²) in [5.41, 5.74) is 3.77. The van der Waals surface area contributed by atoms with Gasteiger partial charge < -0.3 is 10.2 Å². The van der Waals surface area contributed by atoms with Crippen LogP contribution in [0.4, 0.5) is 5.69 Å². The predicted molar refractivity (Wildman–Crippen MR) is 104 cm³/mol. The van der Waals surface area contributed by atoms with Crippen molar-refractivity contribution >= 4 is 35.8 Å². The van der Waals surface area contributed by atoms with Crippen molar-refractivity contribution in [1.82, 2.24) is 15.6 Å². The van der Waals surface area contributed by atoms with Crippen LogP contribution in [0.2, 0.25) is 0 Å². The van der Waals surface area contributed by atoms with Crippen LogP contribution in [0.1, 0.15) is 36.0 Å². The second-order valence-electron chi connectivity index (χ2n) is 7.36. The lowest BCUT2D eigenvalue weighted by molar-refractivity contribution is -0.130. The number of likely N-dealkylation sites (tertiary alicyclic amines) is 1. The summed E-state index contributed by atoms with van der Waals surface area (Å²) in [5.74, 6) is 1.09. The molecule has 0 spiro atoms. The first kappa shape index (κ1) is 19.6. The Hall–Kier alpha value is -2.12. The van der Waals surface area contributed by atoms with Crippen LogP contribution in [0, 0.1) is 11.8 Å². The number of hydrogen-bond acceptors (Lipinski definition) is 4. The molecule has 0 bridgehead atoms. The van der Waals surface area contributed by atoms with E-state index in [2.05, 4.69) is 10.7 Å². The first-order chi connectivity index (χ1) is 12.6. The lowest BCUT2D eigenvalue weighted by atomic mass is 9.92. The van der Waals surface area contributed by atoms with Crippen LogP contribution >= 0.6 is 12.4 Å². The van der Waals surface area contributed by atoms with Crippen LogP contribution in [0.15, 0.2) is 24.3 Å². The molecule has 3 aliphatic rings. The molecule has 2 atom stereocenters. The zero-order chi connectivity index (χ0) is 18.1. The molecule has 3 saturated heterocycles. The number of rotatable bonds is 2. The summed E-state index contributed by atoms with van der Waals surface area (Å²) in [6.07, 6.45) is 2.53. The maximum Gasteiger partial charge on any atom is 0.253 e. The van der Waals surface area contributed by atoms with Crippen LogP contribution in [0.5, 0.6) is 0 Å². The van der Waals surface area contributed by atoms with Crippen LogP contribution < -0.4 is 15.8 Å². The van der Waals surface area contributed by atoms with Gasteiger partial charge >= 0.3 is 0 Å². The third-order valence-corrected chi connectivity index (χ3v) is 5.73. The molecule has 3 fully saturated rings. The van der Waals surface area contributed by atoms with E-state index in [1.807, 2.05) is 4.90 Å². The Bertz CT molecular complexity index is 710. The van der Waals surface area contributed by atoms with Crippen molar-refractivity contribution in [3.63, 3.8) is 0 Å². The molecular weight excluding hydrogens is 368 g/mol. The summed E-state index contributed by atoms with van der Waals surface area (Å²) < 4.78 is 0. The van der Waals surface area contributed by atoms with Crippen LogP contribution in [0.25, 0.3) is 0 Å². The van der Waals surface area contributed by atoms with Gasteiger partial charge in [0.2, 0.25) is 11.8 Å². The largest absolute Gasteiger partial charge is 0.339 e. The molecule has 0 unspecified atom stereocenters. The average Bonchev–Trinajstić information content (AvgIpc) is 3.02. The summed E-state index contributed by atoms with van der Waals surface area (Å²) in [6.45, 7) is 3.72. The smallest absolute Gasteiger partial charge is 0.253 e. The Morgan fingerprint density at radius 2 is 1.59 bits per heavy atom. The molecule has 2 N–H and O–H groups in total. The molecule has 1 aromatic rings.